The number of esters is 2. The molecule has 3 aromatic carbocycles. The van der Waals surface area contributed by atoms with Crippen LogP contribution >= 0.6 is 0 Å². The highest BCUT2D eigenvalue weighted by atomic mass is 16.5. The lowest BCUT2D eigenvalue weighted by atomic mass is 10.1. The predicted molar refractivity (Wildman–Crippen MR) is 110 cm³/mol. The fourth-order valence-electron chi connectivity index (χ4n) is 2.87. The molecule has 0 atom stereocenters. The van der Waals surface area contributed by atoms with Crippen LogP contribution in [0.1, 0.15) is 20.7 Å². The molecule has 2 amide bonds. The van der Waals surface area contributed by atoms with Gasteiger partial charge in [-0.3, -0.25) is 9.59 Å². The lowest BCUT2D eigenvalue weighted by Gasteiger charge is -2.12. The molecule has 0 bridgehead atoms. The topological polar surface area (TPSA) is 111 Å². The SMILES string of the molecule is COC(=O)c1ccc(C(=O)OC)c(NC(=O)C(=O)Nc2cccc3ccccc23)c1. The zero-order valence-corrected chi connectivity index (χ0v) is 16.2. The first-order valence-electron chi connectivity index (χ1n) is 8.85. The van der Waals surface area contributed by atoms with Gasteiger partial charge in [-0.25, -0.2) is 9.59 Å². The van der Waals surface area contributed by atoms with Gasteiger partial charge in [0.2, 0.25) is 0 Å². The van der Waals surface area contributed by atoms with Crippen molar-refractivity contribution in [1.82, 2.24) is 0 Å². The van der Waals surface area contributed by atoms with E-state index in [1.807, 2.05) is 30.3 Å². The maximum atomic E-state index is 12.5. The predicted octanol–water partition coefficient (Wildman–Crippen LogP) is 2.99. The summed E-state index contributed by atoms with van der Waals surface area (Å²) >= 11 is 0. The summed E-state index contributed by atoms with van der Waals surface area (Å²) in [5.41, 5.74) is 0.485. The average Bonchev–Trinajstić information content (AvgIpc) is 2.78. The summed E-state index contributed by atoms with van der Waals surface area (Å²) < 4.78 is 9.33. The van der Waals surface area contributed by atoms with Crippen LogP contribution in [-0.2, 0) is 19.1 Å². The van der Waals surface area contributed by atoms with Gasteiger partial charge in [0.05, 0.1) is 31.0 Å². The molecular weight excluding hydrogens is 388 g/mol. The Morgan fingerprint density at radius 1 is 0.700 bits per heavy atom. The summed E-state index contributed by atoms with van der Waals surface area (Å²) in [5, 5.41) is 6.58. The van der Waals surface area contributed by atoms with Crippen molar-refractivity contribution in [1.29, 1.82) is 0 Å². The molecule has 152 valence electrons. The van der Waals surface area contributed by atoms with Gasteiger partial charge in [0.25, 0.3) is 0 Å². The van der Waals surface area contributed by atoms with E-state index in [4.69, 9.17) is 0 Å². The van der Waals surface area contributed by atoms with Crippen molar-refractivity contribution in [3.05, 3.63) is 71.8 Å². The van der Waals surface area contributed by atoms with E-state index in [0.717, 1.165) is 10.8 Å². The third-order valence-electron chi connectivity index (χ3n) is 4.34. The number of benzene rings is 3. The fraction of sp³-hybridized carbons (Fsp3) is 0.0909. The van der Waals surface area contributed by atoms with Crippen molar-refractivity contribution >= 4 is 45.9 Å². The Kier molecular flexibility index (Phi) is 6.07. The van der Waals surface area contributed by atoms with Gasteiger partial charge in [-0.2, -0.15) is 0 Å². The molecule has 0 aliphatic heterocycles. The van der Waals surface area contributed by atoms with E-state index in [-0.39, 0.29) is 16.8 Å². The number of methoxy groups -OCH3 is 2. The molecule has 30 heavy (non-hydrogen) atoms. The molecule has 0 heterocycles. The Morgan fingerprint density at radius 3 is 2.03 bits per heavy atom. The van der Waals surface area contributed by atoms with Gasteiger partial charge in [0.15, 0.2) is 0 Å². The molecule has 0 aliphatic carbocycles. The number of nitrogens with one attached hydrogen (secondary N) is 2. The minimum atomic E-state index is -1.02. The van der Waals surface area contributed by atoms with Crippen LogP contribution in [0.15, 0.2) is 60.7 Å². The molecule has 0 aromatic heterocycles. The third kappa shape index (κ3) is 4.27. The summed E-state index contributed by atoms with van der Waals surface area (Å²) in [5.74, 6) is -3.36. The Balaban J connectivity index is 1.86. The van der Waals surface area contributed by atoms with Gasteiger partial charge in [0, 0.05) is 11.1 Å². The van der Waals surface area contributed by atoms with Gasteiger partial charge < -0.3 is 20.1 Å². The van der Waals surface area contributed by atoms with E-state index in [1.165, 1.54) is 32.4 Å². The molecule has 3 aromatic rings. The Morgan fingerprint density at radius 2 is 1.33 bits per heavy atom. The quantitative estimate of drug-likeness (QED) is 0.509. The van der Waals surface area contributed by atoms with E-state index in [9.17, 15) is 19.2 Å². The highest BCUT2D eigenvalue weighted by Gasteiger charge is 2.21. The Labute approximate surface area is 171 Å². The Hall–Kier alpha value is -4.20. The zero-order chi connectivity index (χ0) is 21.7. The van der Waals surface area contributed by atoms with E-state index in [2.05, 4.69) is 20.1 Å². The molecule has 8 nitrogen and oxygen atoms in total. The van der Waals surface area contributed by atoms with Gasteiger partial charge in [-0.1, -0.05) is 36.4 Å². The van der Waals surface area contributed by atoms with Gasteiger partial charge in [0.1, 0.15) is 0 Å². The first-order valence-corrected chi connectivity index (χ1v) is 8.85. The summed E-state index contributed by atoms with van der Waals surface area (Å²) in [7, 11) is 2.38. The van der Waals surface area contributed by atoms with Crippen LogP contribution in [0.2, 0.25) is 0 Å². The monoisotopic (exact) mass is 406 g/mol. The summed E-state index contributed by atoms with van der Waals surface area (Å²) in [6, 6.07) is 16.6. The molecule has 8 heteroatoms. The Bertz CT molecular complexity index is 1150. The molecule has 0 unspecified atom stereocenters. The van der Waals surface area contributed by atoms with Crippen molar-refractivity contribution in [3.8, 4) is 0 Å². The van der Waals surface area contributed by atoms with E-state index >= 15 is 0 Å². The van der Waals surface area contributed by atoms with Crippen molar-refractivity contribution < 1.29 is 28.7 Å². The first kappa shape index (κ1) is 20.5. The number of rotatable bonds is 4. The molecule has 0 saturated carbocycles. The van der Waals surface area contributed by atoms with Gasteiger partial charge in [-0.05, 0) is 29.7 Å². The van der Waals surface area contributed by atoms with Crippen LogP contribution in [0, 0.1) is 0 Å². The lowest BCUT2D eigenvalue weighted by Crippen LogP contribution is -2.30. The van der Waals surface area contributed by atoms with E-state index in [1.54, 1.807) is 12.1 Å². The highest BCUT2D eigenvalue weighted by Crippen LogP contribution is 2.23. The average molecular weight is 406 g/mol. The molecule has 0 aliphatic rings. The number of amides is 2. The molecule has 0 fully saturated rings. The van der Waals surface area contributed by atoms with Gasteiger partial charge >= 0.3 is 23.8 Å². The molecule has 2 N–H and O–H groups in total. The number of carbonyl (C=O) groups excluding carboxylic acids is 4. The van der Waals surface area contributed by atoms with Crippen LogP contribution < -0.4 is 10.6 Å². The number of carbonyl (C=O) groups is 4. The van der Waals surface area contributed by atoms with Crippen molar-refractivity contribution in [2.24, 2.45) is 0 Å². The van der Waals surface area contributed by atoms with E-state index < -0.39 is 23.8 Å². The third-order valence-corrected chi connectivity index (χ3v) is 4.34. The lowest BCUT2D eigenvalue weighted by molar-refractivity contribution is -0.132. The molecule has 0 radical (unpaired) electrons. The molecule has 0 spiro atoms. The maximum absolute atomic E-state index is 12.5. The molecular formula is C22H18N2O6. The van der Waals surface area contributed by atoms with Crippen molar-refractivity contribution in [2.45, 2.75) is 0 Å². The fourth-order valence-corrected chi connectivity index (χ4v) is 2.87. The number of anilines is 2. The van der Waals surface area contributed by atoms with Crippen LogP contribution in [0.3, 0.4) is 0 Å². The second-order valence-electron chi connectivity index (χ2n) is 6.18. The van der Waals surface area contributed by atoms with E-state index in [0.29, 0.717) is 5.69 Å². The summed E-state index contributed by atoms with van der Waals surface area (Å²) in [6.07, 6.45) is 0. The molecule has 0 saturated heterocycles. The smallest absolute Gasteiger partial charge is 0.339 e. The first-order chi connectivity index (χ1) is 14.4. The second kappa shape index (κ2) is 8.87. The number of hydrogen-bond donors (Lipinski definition) is 2. The minimum Gasteiger partial charge on any atom is -0.465 e. The van der Waals surface area contributed by atoms with Crippen molar-refractivity contribution in [2.75, 3.05) is 24.9 Å². The largest absolute Gasteiger partial charge is 0.465 e. The standard InChI is InChI=1S/C22H18N2O6/c1-29-21(27)14-10-11-16(22(28)30-2)18(12-14)24-20(26)19(25)23-17-9-5-7-13-6-3-4-8-15(13)17/h3-12H,1-2H3,(H,23,25)(H,24,26). The van der Waals surface area contributed by atoms with Gasteiger partial charge in [-0.15, -0.1) is 0 Å². The zero-order valence-electron chi connectivity index (χ0n) is 16.2. The number of hydrogen-bond acceptors (Lipinski definition) is 6. The summed E-state index contributed by atoms with van der Waals surface area (Å²) in [6.45, 7) is 0. The van der Waals surface area contributed by atoms with Crippen LogP contribution in [0.4, 0.5) is 11.4 Å². The minimum absolute atomic E-state index is 0.0172. The molecule has 3 rings (SSSR count). The van der Waals surface area contributed by atoms with Crippen LogP contribution in [-0.4, -0.2) is 38.0 Å². The normalized spacial score (nSPS) is 10.2. The van der Waals surface area contributed by atoms with Crippen LogP contribution in [0.5, 0.6) is 0 Å². The van der Waals surface area contributed by atoms with Crippen LogP contribution in [0.25, 0.3) is 10.8 Å². The highest BCUT2D eigenvalue weighted by molar-refractivity contribution is 6.44. The number of fused-ring (bicyclic) bond motifs is 1. The second-order valence-corrected chi connectivity index (χ2v) is 6.18. The van der Waals surface area contributed by atoms with Crippen molar-refractivity contribution in [3.63, 3.8) is 0 Å². The maximum Gasteiger partial charge on any atom is 0.339 e. The summed E-state index contributed by atoms with van der Waals surface area (Å²) in [4.78, 5) is 48.7. The number of ether oxygens (including phenoxy) is 2.